The Morgan fingerprint density at radius 2 is 1.30 bits per heavy atom. The summed E-state index contributed by atoms with van der Waals surface area (Å²) < 4.78 is 35.5. The van der Waals surface area contributed by atoms with Gasteiger partial charge in [-0.3, -0.25) is 9.36 Å². The van der Waals surface area contributed by atoms with E-state index < -0.39 is 11.4 Å². The molecule has 8 rings (SSSR count). The molecule has 6 heterocycles. The van der Waals surface area contributed by atoms with Gasteiger partial charge in [-0.25, -0.2) is 27.8 Å². The van der Waals surface area contributed by atoms with Crippen molar-refractivity contribution in [1.29, 1.82) is 0 Å². The number of nitrogens with zero attached hydrogens (tertiary/aromatic N) is 10. The molecule has 238 valence electrons. The maximum absolute atomic E-state index is 14.7. The van der Waals surface area contributed by atoms with Crippen LogP contribution in [0.2, 0.25) is 10.3 Å². The number of fused-ring (bicyclic) bond motifs is 4. The number of hydrogen-bond acceptors (Lipinski definition) is 7. The van der Waals surface area contributed by atoms with Gasteiger partial charge >= 0.3 is 0 Å². The van der Waals surface area contributed by atoms with Gasteiger partial charge < -0.3 is 5.11 Å². The van der Waals surface area contributed by atoms with Gasteiger partial charge in [-0.1, -0.05) is 30.1 Å². The molecule has 0 bridgehead atoms. The van der Waals surface area contributed by atoms with Crippen LogP contribution in [0.5, 0.6) is 0 Å². The van der Waals surface area contributed by atoms with E-state index in [0.717, 1.165) is 22.0 Å². The molecular formula is C32H26Cl2F2N10O. The molecule has 0 aliphatic heterocycles. The zero-order valence-electron chi connectivity index (χ0n) is 25.4. The fraction of sp³-hybridized carbons (Fsp3) is 0.188. The Hall–Kier alpha value is -4.98. The Bertz CT molecular complexity index is 2460. The molecule has 1 N–H and O–H groups in total. The first-order valence-corrected chi connectivity index (χ1v) is 15.1. The Morgan fingerprint density at radius 3 is 1.96 bits per heavy atom. The van der Waals surface area contributed by atoms with Gasteiger partial charge in [0.05, 0.1) is 47.2 Å². The standard InChI is InChI=1S/C16H13ClFN5O.C16H13ClFN5/c1-16(24,13-8-19-15-4-3-14(17)21-23(13)15)10-5-9-7-20-22(2)12(9)6-11(10)18;1-9(14-8-19-16-4-3-15(17)21-23(14)16)11-5-10-7-20-22(2)13(10)6-12(11)18/h3-8,24H,1-2H3;3-9H,1-2H3. The van der Waals surface area contributed by atoms with E-state index in [1.54, 1.807) is 76.9 Å². The summed E-state index contributed by atoms with van der Waals surface area (Å²) in [7, 11) is 3.53. The van der Waals surface area contributed by atoms with Gasteiger partial charge in [0.1, 0.15) is 27.5 Å². The van der Waals surface area contributed by atoms with E-state index in [4.69, 9.17) is 23.2 Å². The van der Waals surface area contributed by atoms with Crippen molar-refractivity contribution in [3.63, 3.8) is 0 Å². The highest BCUT2D eigenvalue weighted by molar-refractivity contribution is 6.29. The van der Waals surface area contributed by atoms with E-state index in [1.807, 2.05) is 13.0 Å². The Balaban J connectivity index is 0.000000150. The van der Waals surface area contributed by atoms with E-state index in [0.29, 0.717) is 33.2 Å². The van der Waals surface area contributed by atoms with E-state index in [1.165, 1.54) is 29.8 Å². The first kappa shape index (κ1) is 30.7. The number of aliphatic hydroxyl groups is 1. The van der Waals surface area contributed by atoms with Crippen LogP contribution in [-0.4, -0.2) is 53.9 Å². The number of halogens is 4. The van der Waals surface area contributed by atoms with Crippen LogP contribution in [0, 0.1) is 11.6 Å². The van der Waals surface area contributed by atoms with Crippen LogP contribution >= 0.6 is 23.2 Å². The first-order valence-electron chi connectivity index (χ1n) is 14.4. The van der Waals surface area contributed by atoms with E-state index in [-0.39, 0.29) is 22.5 Å². The zero-order valence-corrected chi connectivity index (χ0v) is 26.9. The molecule has 0 aliphatic carbocycles. The Kier molecular flexibility index (Phi) is 7.42. The van der Waals surface area contributed by atoms with Crippen LogP contribution in [-0.2, 0) is 19.7 Å². The van der Waals surface area contributed by atoms with Crippen LogP contribution in [0.3, 0.4) is 0 Å². The van der Waals surface area contributed by atoms with E-state index in [9.17, 15) is 13.9 Å². The summed E-state index contributed by atoms with van der Waals surface area (Å²) in [6.45, 7) is 3.42. The van der Waals surface area contributed by atoms with Crippen LogP contribution < -0.4 is 0 Å². The lowest BCUT2D eigenvalue weighted by molar-refractivity contribution is 0.0913. The van der Waals surface area contributed by atoms with Crippen molar-refractivity contribution in [2.24, 2.45) is 14.1 Å². The molecule has 0 saturated carbocycles. The summed E-state index contributed by atoms with van der Waals surface area (Å²) in [5.74, 6) is -1.03. The van der Waals surface area contributed by atoms with Crippen molar-refractivity contribution in [3.8, 4) is 0 Å². The molecule has 2 unspecified atom stereocenters. The monoisotopic (exact) mass is 674 g/mol. The molecule has 15 heteroatoms. The highest BCUT2D eigenvalue weighted by atomic mass is 35.5. The van der Waals surface area contributed by atoms with Crippen LogP contribution in [0.4, 0.5) is 8.78 Å². The average molecular weight is 676 g/mol. The molecule has 2 atom stereocenters. The first-order chi connectivity index (χ1) is 22.4. The molecule has 0 fully saturated rings. The fourth-order valence-corrected chi connectivity index (χ4v) is 5.99. The minimum absolute atomic E-state index is 0.117. The predicted molar refractivity (Wildman–Crippen MR) is 174 cm³/mol. The second-order valence-electron chi connectivity index (χ2n) is 11.3. The van der Waals surface area contributed by atoms with Gasteiger partial charge in [0.25, 0.3) is 0 Å². The third-order valence-electron chi connectivity index (χ3n) is 8.32. The molecule has 0 spiro atoms. The van der Waals surface area contributed by atoms with Crippen molar-refractivity contribution in [3.05, 3.63) is 118 Å². The fourth-order valence-electron chi connectivity index (χ4n) is 5.71. The molecular weight excluding hydrogens is 649 g/mol. The molecule has 8 aromatic rings. The van der Waals surface area contributed by atoms with Crippen molar-refractivity contribution < 1.29 is 13.9 Å². The van der Waals surface area contributed by atoms with Gasteiger partial charge in [0.15, 0.2) is 11.3 Å². The number of benzene rings is 2. The van der Waals surface area contributed by atoms with Crippen LogP contribution in [0.1, 0.15) is 42.3 Å². The SMILES string of the molecule is CC(c1cc2cnn(C)c2cc1F)c1cnc2ccc(Cl)nn12.Cn1ncc2cc(C(C)(O)c3cnc4ccc(Cl)nn34)c(F)cc21. The van der Waals surface area contributed by atoms with Gasteiger partial charge in [0, 0.05) is 48.5 Å². The van der Waals surface area contributed by atoms with Crippen molar-refractivity contribution in [2.45, 2.75) is 25.4 Å². The molecule has 6 aromatic heterocycles. The minimum Gasteiger partial charge on any atom is -0.379 e. The smallest absolute Gasteiger partial charge is 0.154 e. The number of rotatable bonds is 4. The molecule has 11 nitrogen and oxygen atoms in total. The predicted octanol–water partition coefficient (Wildman–Crippen LogP) is 6.22. The summed E-state index contributed by atoms with van der Waals surface area (Å²) >= 11 is 11.9. The molecule has 0 radical (unpaired) electrons. The highest BCUT2D eigenvalue weighted by Crippen LogP contribution is 2.34. The summed E-state index contributed by atoms with van der Waals surface area (Å²) in [6, 6.07) is 13.0. The largest absolute Gasteiger partial charge is 0.379 e. The van der Waals surface area contributed by atoms with E-state index >= 15 is 0 Å². The van der Waals surface area contributed by atoms with Gasteiger partial charge in [0.2, 0.25) is 0 Å². The van der Waals surface area contributed by atoms with Gasteiger partial charge in [-0.2, -0.15) is 20.4 Å². The maximum atomic E-state index is 14.7. The summed E-state index contributed by atoms with van der Waals surface area (Å²) in [5.41, 5.74) is 2.75. The number of hydrogen-bond donors (Lipinski definition) is 1. The topological polar surface area (TPSA) is 116 Å². The molecule has 0 aliphatic rings. The second kappa shape index (κ2) is 11.4. The Labute approximate surface area is 275 Å². The number of aryl methyl sites for hydroxylation is 2. The van der Waals surface area contributed by atoms with Crippen LogP contribution in [0.25, 0.3) is 33.1 Å². The molecule has 0 amide bonds. The van der Waals surface area contributed by atoms with Crippen molar-refractivity contribution in [1.82, 2.24) is 48.8 Å². The molecule has 2 aromatic carbocycles. The lowest BCUT2D eigenvalue weighted by Crippen LogP contribution is -2.26. The highest BCUT2D eigenvalue weighted by Gasteiger charge is 2.33. The van der Waals surface area contributed by atoms with Gasteiger partial charge in [-0.05, 0) is 48.9 Å². The average Bonchev–Trinajstić information content (AvgIpc) is 3.82. The van der Waals surface area contributed by atoms with Crippen molar-refractivity contribution >= 4 is 56.3 Å². The third-order valence-corrected chi connectivity index (χ3v) is 8.72. The summed E-state index contributed by atoms with van der Waals surface area (Å²) in [6.07, 6.45) is 6.52. The Morgan fingerprint density at radius 1 is 0.745 bits per heavy atom. The number of aromatic nitrogens is 10. The third kappa shape index (κ3) is 5.25. The summed E-state index contributed by atoms with van der Waals surface area (Å²) in [4.78, 5) is 8.50. The molecule has 0 saturated heterocycles. The van der Waals surface area contributed by atoms with E-state index in [2.05, 4.69) is 30.4 Å². The lowest BCUT2D eigenvalue weighted by atomic mass is 9.91. The quantitative estimate of drug-likeness (QED) is 0.235. The molecule has 47 heavy (non-hydrogen) atoms. The van der Waals surface area contributed by atoms with Crippen molar-refractivity contribution in [2.75, 3.05) is 0 Å². The van der Waals surface area contributed by atoms with Crippen LogP contribution in [0.15, 0.2) is 73.3 Å². The lowest BCUT2D eigenvalue weighted by Gasteiger charge is -2.23. The summed E-state index contributed by atoms with van der Waals surface area (Å²) in [5, 5.41) is 30.0. The number of imidazole rings is 2. The minimum atomic E-state index is -1.65. The zero-order chi connectivity index (χ0) is 33.2. The normalized spacial score (nSPS) is 13.7. The maximum Gasteiger partial charge on any atom is 0.154 e. The second-order valence-corrected chi connectivity index (χ2v) is 12.1. The van der Waals surface area contributed by atoms with Gasteiger partial charge in [-0.15, -0.1) is 0 Å².